The zero-order chi connectivity index (χ0) is 28.7. The fraction of sp³-hybridized carbons (Fsp3) is 0.429. The second-order valence-electron chi connectivity index (χ2n) is 8.68. The Morgan fingerprint density at radius 3 is 2.05 bits per heavy atom. The van der Waals surface area contributed by atoms with Gasteiger partial charge in [-0.25, -0.2) is 0 Å². The number of ether oxygens (including phenoxy) is 2. The van der Waals surface area contributed by atoms with Crippen molar-refractivity contribution >= 4 is 44.8 Å². The minimum Gasteiger partial charge on any atom is -0.364 e. The van der Waals surface area contributed by atoms with Crippen LogP contribution in [0.25, 0.3) is 0 Å². The number of amides is 2. The fourth-order valence-electron chi connectivity index (χ4n) is 3.76. The third-order valence-electron chi connectivity index (χ3n) is 5.70. The fourth-order valence-corrected chi connectivity index (χ4v) is 5.33. The van der Waals surface area contributed by atoms with Crippen LogP contribution in [0.2, 0.25) is 0 Å². The molecule has 0 saturated heterocycles. The third kappa shape index (κ3) is 9.40. The summed E-state index contributed by atoms with van der Waals surface area (Å²) in [7, 11) is 0. The summed E-state index contributed by atoms with van der Waals surface area (Å²) in [4.78, 5) is 25.6. The SMILES string of the molecule is C=C/C(=C\C)C(OCCC)C(=O)Nc1nnc(CCCCc2nnc(NC(=O)C(OCC)c3ccccc3)s2)s1. The monoisotopic (exact) mass is 584 g/mol. The van der Waals surface area contributed by atoms with E-state index >= 15 is 0 Å². The van der Waals surface area contributed by atoms with Gasteiger partial charge in [-0.2, -0.15) is 0 Å². The van der Waals surface area contributed by atoms with Gasteiger partial charge in [0.25, 0.3) is 11.8 Å². The van der Waals surface area contributed by atoms with Gasteiger partial charge in [-0.3, -0.25) is 20.2 Å². The first-order valence-corrected chi connectivity index (χ1v) is 15.0. The second-order valence-corrected chi connectivity index (χ2v) is 10.8. The molecule has 2 N–H and O–H groups in total. The molecule has 0 bridgehead atoms. The summed E-state index contributed by atoms with van der Waals surface area (Å²) in [5, 5.41) is 24.9. The van der Waals surface area contributed by atoms with E-state index < -0.39 is 12.2 Å². The number of hydrogen-bond acceptors (Lipinski definition) is 10. The highest BCUT2D eigenvalue weighted by Crippen LogP contribution is 2.23. The van der Waals surface area contributed by atoms with Crippen LogP contribution in [0.4, 0.5) is 10.3 Å². The van der Waals surface area contributed by atoms with Gasteiger partial charge in [-0.1, -0.05) is 78.7 Å². The Labute approximate surface area is 242 Å². The lowest BCUT2D eigenvalue weighted by Crippen LogP contribution is -2.32. The summed E-state index contributed by atoms with van der Waals surface area (Å²) in [6.45, 7) is 10.3. The number of benzene rings is 1. The molecule has 2 aromatic heterocycles. The minimum atomic E-state index is -0.736. The van der Waals surface area contributed by atoms with E-state index in [-0.39, 0.29) is 11.8 Å². The number of rotatable bonds is 17. The Bertz CT molecular complexity index is 1260. The van der Waals surface area contributed by atoms with Gasteiger partial charge in [0.15, 0.2) is 12.2 Å². The van der Waals surface area contributed by atoms with Crippen molar-refractivity contribution < 1.29 is 19.1 Å². The van der Waals surface area contributed by atoms with Gasteiger partial charge in [-0.15, -0.1) is 20.4 Å². The molecule has 2 unspecified atom stereocenters. The molecule has 0 aliphatic carbocycles. The first-order chi connectivity index (χ1) is 19.5. The summed E-state index contributed by atoms with van der Waals surface area (Å²) in [5.74, 6) is -0.566. The largest absolute Gasteiger partial charge is 0.364 e. The van der Waals surface area contributed by atoms with E-state index in [1.807, 2.05) is 57.2 Å². The van der Waals surface area contributed by atoms with E-state index in [0.29, 0.717) is 29.0 Å². The van der Waals surface area contributed by atoms with Crippen LogP contribution in [0.1, 0.15) is 61.7 Å². The Morgan fingerprint density at radius 2 is 1.52 bits per heavy atom. The van der Waals surface area contributed by atoms with Gasteiger partial charge in [-0.05, 0) is 44.2 Å². The maximum atomic E-state index is 12.8. The molecule has 2 amide bonds. The van der Waals surface area contributed by atoms with E-state index in [4.69, 9.17) is 9.47 Å². The van der Waals surface area contributed by atoms with E-state index in [2.05, 4.69) is 37.6 Å². The van der Waals surface area contributed by atoms with E-state index in [1.165, 1.54) is 22.7 Å². The van der Waals surface area contributed by atoms with Crippen LogP contribution in [0.3, 0.4) is 0 Å². The number of carbonyl (C=O) groups excluding carboxylic acids is 2. The second kappa shape index (κ2) is 16.7. The van der Waals surface area contributed by atoms with E-state index in [1.54, 1.807) is 6.08 Å². The number of hydrogen-bond donors (Lipinski definition) is 2. The number of allylic oxidation sites excluding steroid dienone is 1. The van der Waals surface area contributed by atoms with Gasteiger partial charge < -0.3 is 9.47 Å². The highest BCUT2D eigenvalue weighted by molar-refractivity contribution is 7.15. The lowest BCUT2D eigenvalue weighted by molar-refractivity contribution is -0.127. The lowest BCUT2D eigenvalue weighted by Gasteiger charge is -2.17. The summed E-state index contributed by atoms with van der Waals surface area (Å²) < 4.78 is 11.4. The predicted molar refractivity (Wildman–Crippen MR) is 159 cm³/mol. The molecule has 0 fully saturated rings. The van der Waals surface area contributed by atoms with Crippen LogP contribution >= 0.6 is 22.7 Å². The molecule has 12 heteroatoms. The summed E-state index contributed by atoms with van der Waals surface area (Å²) in [5.41, 5.74) is 1.50. The van der Waals surface area contributed by atoms with Gasteiger partial charge in [0.2, 0.25) is 10.3 Å². The molecule has 0 radical (unpaired) electrons. The Balaban J connectivity index is 1.45. The first-order valence-electron chi connectivity index (χ1n) is 13.3. The topological polar surface area (TPSA) is 128 Å². The Hall–Kier alpha value is -3.32. The number of nitrogens with zero attached hydrogens (tertiary/aromatic N) is 4. The number of unbranched alkanes of at least 4 members (excludes halogenated alkanes) is 1. The van der Waals surface area contributed by atoms with Gasteiger partial charge in [0.1, 0.15) is 10.0 Å². The Morgan fingerprint density at radius 1 is 0.925 bits per heavy atom. The first kappa shape index (κ1) is 31.2. The molecule has 3 aromatic rings. The summed E-state index contributed by atoms with van der Waals surface area (Å²) >= 11 is 2.71. The number of nitrogens with one attached hydrogen (secondary N) is 2. The van der Waals surface area contributed by atoms with Crippen LogP contribution < -0.4 is 10.6 Å². The van der Waals surface area contributed by atoms with Crippen LogP contribution in [0, 0.1) is 0 Å². The molecule has 0 aliphatic rings. The van der Waals surface area contributed by atoms with Crippen molar-refractivity contribution in [1.29, 1.82) is 0 Å². The molecule has 3 rings (SSSR count). The standard InChI is InChI=1S/C28H36N6O4S2/c1-5-18-38-23(19(6-2)7-3)25(35)29-27-33-31-21(39-27)16-12-13-17-22-32-34-28(40-22)30-26(36)24(37-8-4)20-14-10-9-11-15-20/h6-7,9-11,14-15,23-24H,2,5,8,12-13,16-18H2,1,3-4H3,(H,29,33,35)(H,30,34,36)/b19-7+. The van der Waals surface area contributed by atoms with Crippen molar-refractivity contribution in [1.82, 2.24) is 20.4 Å². The molecule has 0 aliphatic heterocycles. The molecular weight excluding hydrogens is 548 g/mol. The molecule has 40 heavy (non-hydrogen) atoms. The average Bonchev–Trinajstić information content (AvgIpc) is 3.61. The number of aromatic nitrogens is 4. The lowest BCUT2D eigenvalue weighted by atomic mass is 10.1. The molecule has 0 spiro atoms. The highest BCUT2D eigenvalue weighted by Gasteiger charge is 2.24. The summed E-state index contributed by atoms with van der Waals surface area (Å²) in [6, 6.07) is 9.37. The maximum Gasteiger partial charge on any atom is 0.259 e. The predicted octanol–water partition coefficient (Wildman–Crippen LogP) is 5.54. The number of aryl methyl sites for hydroxylation is 2. The van der Waals surface area contributed by atoms with Crippen LogP contribution in [0.5, 0.6) is 0 Å². The zero-order valence-corrected chi connectivity index (χ0v) is 24.7. The highest BCUT2D eigenvalue weighted by atomic mass is 32.1. The van der Waals surface area contributed by atoms with Crippen molar-refractivity contribution in [2.75, 3.05) is 23.8 Å². The van der Waals surface area contributed by atoms with Gasteiger partial charge in [0, 0.05) is 26.1 Å². The molecule has 2 atom stereocenters. The third-order valence-corrected chi connectivity index (χ3v) is 7.49. The van der Waals surface area contributed by atoms with Gasteiger partial charge >= 0.3 is 0 Å². The molecule has 0 saturated carbocycles. The van der Waals surface area contributed by atoms with Crippen LogP contribution in [0.15, 0.2) is 54.6 Å². The molecule has 10 nitrogen and oxygen atoms in total. The normalized spacial score (nSPS) is 13.0. The molecule has 2 heterocycles. The maximum absolute atomic E-state index is 12.8. The van der Waals surface area contributed by atoms with Crippen molar-refractivity contribution in [2.45, 2.75) is 65.1 Å². The average molecular weight is 585 g/mol. The van der Waals surface area contributed by atoms with Crippen molar-refractivity contribution in [2.24, 2.45) is 0 Å². The van der Waals surface area contributed by atoms with E-state index in [0.717, 1.165) is 47.7 Å². The van der Waals surface area contributed by atoms with Gasteiger partial charge in [0.05, 0.1) is 0 Å². The van der Waals surface area contributed by atoms with Crippen molar-refractivity contribution in [3.05, 3.63) is 70.2 Å². The van der Waals surface area contributed by atoms with Crippen molar-refractivity contribution in [3.63, 3.8) is 0 Å². The quantitative estimate of drug-likeness (QED) is 0.156. The van der Waals surface area contributed by atoms with Crippen LogP contribution in [-0.2, 0) is 31.9 Å². The number of anilines is 2. The number of carbonyl (C=O) groups is 2. The molecule has 1 aromatic carbocycles. The minimum absolute atomic E-state index is 0.274. The smallest absolute Gasteiger partial charge is 0.259 e. The summed E-state index contributed by atoms with van der Waals surface area (Å²) in [6.07, 6.45) is 5.99. The van der Waals surface area contributed by atoms with E-state index in [9.17, 15) is 9.59 Å². The van der Waals surface area contributed by atoms with Crippen molar-refractivity contribution in [3.8, 4) is 0 Å². The zero-order valence-electron chi connectivity index (χ0n) is 23.1. The molecule has 214 valence electrons. The molecular formula is C28H36N6O4S2. The Kier molecular flexibility index (Phi) is 13.0. The van der Waals surface area contributed by atoms with Crippen LogP contribution in [-0.4, -0.2) is 51.5 Å².